The van der Waals surface area contributed by atoms with E-state index in [2.05, 4.69) is 0 Å². The van der Waals surface area contributed by atoms with Gasteiger partial charge in [-0.3, -0.25) is 4.79 Å². The summed E-state index contributed by atoms with van der Waals surface area (Å²) in [6.45, 7) is 0. The summed E-state index contributed by atoms with van der Waals surface area (Å²) in [7, 11) is 0. The number of aliphatic hydroxyl groups excluding tert-OH is 1. The lowest BCUT2D eigenvalue weighted by Crippen LogP contribution is -2.08. The molecule has 2 aromatic rings. The van der Waals surface area contributed by atoms with Crippen molar-refractivity contribution >= 4 is 5.78 Å². The molecule has 0 bridgehead atoms. The van der Waals surface area contributed by atoms with E-state index in [1.54, 1.807) is 30.3 Å². The van der Waals surface area contributed by atoms with Gasteiger partial charge in [-0.2, -0.15) is 13.2 Å². The molecular weight excluding hydrogens is 281 g/mol. The predicted octanol–water partition coefficient (Wildman–Crippen LogP) is 4.01. The van der Waals surface area contributed by atoms with Crippen molar-refractivity contribution in [3.8, 4) is 0 Å². The van der Waals surface area contributed by atoms with E-state index < -0.39 is 17.8 Å². The molecule has 2 nitrogen and oxygen atoms in total. The zero-order chi connectivity index (χ0) is 15.5. The number of carbonyl (C=O) groups is 1. The Balaban J connectivity index is 2.07. The van der Waals surface area contributed by atoms with E-state index in [1.165, 1.54) is 12.1 Å². The first-order chi connectivity index (χ1) is 9.88. The highest BCUT2D eigenvalue weighted by molar-refractivity contribution is 5.96. The molecule has 0 fully saturated rings. The van der Waals surface area contributed by atoms with E-state index in [-0.39, 0.29) is 17.8 Å². The number of benzene rings is 2. The van der Waals surface area contributed by atoms with Crippen LogP contribution in [0.3, 0.4) is 0 Å². The fourth-order valence-electron chi connectivity index (χ4n) is 1.93. The molecule has 0 spiro atoms. The molecule has 5 heteroatoms. The third kappa shape index (κ3) is 3.92. The van der Waals surface area contributed by atoms with Crippen molar-refractivity contribution in [3.05, 3.63) is 71.3 Å². The fraction of sp³-hybridized carbons (Fsp3) is 0.188. The third-order valence-corrected chi connectivity index (χ3v) is 3.10. The van der Waals surface area contributed by atoms with Gasteiger partial charge in [-0.25, -0.2) is 0 Å². The molecule has 0 amide bonds. The number of hydrogen-bond donors (Lipinski definition) is 1. The van der Waals surface area contributed by atoms with E-state index >= 15 is 0 Å². The van der Waals surface area contributed by atoms with Crippen LogP contribution in [0, 0.1) is 0 Å². The summed E-state index contributed by atoms with van der Waals surface area (Å²) in [5, 5.41) is 9.94. The number of aliphatic hydroxyl groups is 1. The molecule has 110 valence electrons. The van der Waals surface area contributed by atoms with Gasteiger partial charge in [-0.1, -0.05) is 42.5 Å². The van der Waals surface area contributed by atoms with E-state index in [9.17, 15) is 23.1 Å². The van der Waals surface area contributed by atoms with Crippen molar-refractivity contribution in [2.45, 2.75) is 18.7 Å². The molecule has 0 saturated carbocycles. The summed E-state index contributed by atoms with van der Waals surface area (Å²) in [4.78, 5) is 11.9. The zero-order valence-electron chi connectivity index (χ0n) is 11.0. The van der Waals surface area contributed by atoms with Crippen LogP contribution in [0.5, 0.6) is 0 Å². The van der Waals surface area contributed by atoms with Gasteiger partial charge >= 0.3 is 6.18 Å². The van der Waals surface area contributed by atoms with Crippen LogP contribution in [0.25, 0.3) is 0 Å². The Kier molecular flexibility index (Phi) is 4.43. The molecule has 0 aromatic heterocycles. The summed E-state index contributed by atoms with van der Waals surface area (Å²) in [6.07, 6.45) is -5.71. The molecule has 2 aromatic carbocycles. The highest BCUT2D eigenvalue weighted by atomic mass is 19.4. The van der Waals surface area contributed by atoms with Gasteiger partial charge in [0, 0.05) is 12.0 Å². The van der Waals surface area contributed by atoms with Crippen LogP contribution in [0.1, 0.15) is 34.0 Å². The lowest BCUT2D eigenvalue weighted by molar-refractivity contribution is -0.137. The molecule has 0 radical (unpaired) electrons. The van der Waals surface area contributed by atoms with Crippen LogP contribution in [0.4, 0.5) is 13.2 Å². The molecule has 0 aliphatic heterocycles. The van der Waals surface area contributed by atoms with Gasteiger partial charge in [0.1, 0.15) is 0 Å². The Labute approximate surface area is 119 Å². The SMILES string of the molecule is O=C(C[C@@H](O)c1ccc(C(F)(F)F)cc1)c1ccccc1. The number of rotatable bonds is 4. The Morgan fingerprint density at radius 2 is 1.57 bits per heavy atom. The Hall–Kier alpha value is -2.14. The topological polar surface area (TPSA) is 37.3 Å². The largest absolute Gasteiger partial charge is 0.416 e. The minimum Gasteiger partial charge on any atom is -0.388 e. The van der Waals surface area contributed by atoms with Crippen molar-refractivity contribution in [2.24, 2.45) is 0 Å². The molecular formula is C16H13F3O2. The first-order valence-corrected chi connectivity index (χ1v) is 6.31. The maximum absolute atomic E-state index is 12.4. The van der Waals surface area contributed by atoms with Crippen molar-refractivity contribution in [2.75, 3.05) is 0 Å². The second kappa shape index (κ2) is 6.10. The molecule has 21 heavy (non-hydrogen) atoms. The van der Waals surface area contributed by atoms with Crippen molar-refractivity contribution in [1.82, 2.24) is 0 Å². The summed E-state index contributed by atoms with van der Waals surface area (Å²) in [6, 6.07) is 12.6. The number of halogens is 3. The number of ketones is 1. The fourth-order valence-corrected chi connectivity index (χ4v) is 1.93. The van der Waals surface area contributed by atoms with E-state index in [0.717, 1.165) is 12.1 Å². The average Bonchev–Trinajstić information content (AvgIpc) is 2.47. The monoisotopic (exact) mass is 294 g/mol. The molecule has 1 atom stereocenters. The minimum atomic E-state index is -4.41. The van der Waals surface area contributed by atoms with Crippen LogP contribution < -0.4 is 0 Å². The highest BCUT2D eigenvalue weighted by Crippen LogP contribution is 2.30. The maximum Gasteiger partial charge on any atom is 0.416 e. The van der Waals surface area contributed by atoms with E-state index in [4.69, 9.17) is 0 Å². The molecule has 0 unspecified atom stereocenters. The van der Waals surface area contributed by atoms with Gasteiger partial charge in [0.15, 0.2) is 5.78 Å². The normalized spacial score (nSPS) is 13.0. The molecule has 2 rings (SSSR count). The van der Waals surface area contributed by atoms with Crippen LogP contribution in [0.15, 0.2) is 54.6 Å². The highest BCUT2D eigenvalue weighted by Gasteiger charge is 2.30. The van der Waals surface area contributed by atoms with Crippen LogP contribution in [0.2, 0.25) is 0 Å². The van der Waals surface area contributed by atoms with Gasteiger partial charge in [-0.05, 0) is 17.7 Å². The van der Waals surface area contributed by atoms with Gasteiger partial charge in [0.05, 0.1) is 11.7 Å². The van der Waals surface area contributed by atoms with Gasteiger partial charge in [0.25, 0.3) is 0 Å². The Morgan fingerprint density at radius 3 is 2.10 bits per heavy atom. The lowest BCUT2D eigenvalue weighted by Gasteiger charge is -2.12. The Morgan fingerprint density at radius 1 is 1.00 bits per heavy atom. The van der Waals surface area contributed by atoms with E-state index in [0.29, 0.717) is 5.56 Å². The second-order valence-electron chi connectivity index (χ2n) is 4.63. The standard InChI is InChI=1S/C16H13F3O2/c17-16(18,19)13-8-6-12(7-9-13)15(21)10-14(20)11-4-2-1-3-5-11/h1-9,15,21H,10H2/t15-/m1/s1. The summed E-state index contributed by atoms with van der Waals surface area (Å²) < 4.78 is 37.3. The third-order valence-electron chi connectivity index (χ3n) is 3.10. The molecule has 0 aliphatic rings. The average molecular weight is 294 g/mol. The molecule has 0 heterocycles. The predicted molar refractivity (Wildman–Crippen MR) is 71.8 cm³/mol. The van der Waals surface area contributed by atoms with Crippen LogP contribution in [-0.4, -0.2) is 10.9 Å². The first kappa shape index (κ1) is 15.3. The quantitative estimate of drug-likeness (QED) is 0.865. The number of carbonyl (C=O) groups excluding carboxylic acids is 1. The summed E-state index contributed by atoms with van der Waals surface area (Å²) in [5.41, 5.74) is -0.0384. The van der Waals surface area contributed by atoms with Crippen LogP contribution in [-0.2, 0) is 6.18 Å². The van der Waals surface area contributed by atoms with Crippen molar-refractivity contribution < 1.29 is 23.1 Å². The molecule has 0 saturated heterocycles. The Bertz CT molecular complexity index is 604. The van der Waals surface area contributed by atoms with Gasteiger partial charge in [-0.15, -0.1) is 0 Å². The number of hydrogen-bond acceptors (Lipinski definition) is 2. The smallest absolute Gasteiger partial charge is 0.388 e. The molecule has 1 N–H and O–H groups in total. The summed E-state index contributed by atoms with van der Waals surface area (Å²) >= 11 is 0. The minimum absolute atomic E-state index is 0.171. The van der Waals surface area contributed by atoms with Gasteiger partial charge in [0.2, 0.25) is 0 Å². The van der Waals surface area contributed by atoms with Crippen molar-refractivity contribution in [1.29, 1.82) is 0 Å². The first-order valence-electron chi connectivity index (χ1n) is 6.31. The van der Waals surface area contributed by atoms with Gasteiger partial charge < -0.3 is 5.11 Å². The molecule has 0 aliphatic carbocycles. The number of alkyl halides is 3. The van der Waals surface area contributed by atoms with Crippen molar-refractivity contribution in [3.63, 3.8) is 0 Å². The maximum atomic E-state index is 12.4. The van der Waals surface area contributed by atoms with Crippen LogP contribution >= 0.6 is 0 Å². The number of Topliss-reactive ketones (excluding diaryl/α,β-unsaturated/α-hetero) is 1. The summed E-state index contributed by atoms with van der Waals surface area (Å²) in [5.74, 6) is -0.261. The zero-order valence-corrected chi connectivity index (χ0v) is 11.0. The lowest BCUT2D eigenvalue weighted by atomic mass is 9.99. The second-order valence-corrected chi connectivity index (χ2v) is 4.63. The van der Waals surface area contributed by atoms with E-state index in [1.807, 2.05) is 0 Å².